The van der Waals surface area contributed by atoms with Gasteiger partial charge in [-0.15, -0.1) is 0 Å². The zero-order valence-electron chi connectivity index (χ0n) is 8.70. The van der Waals surface area contributed by atoms with Crippen LogP contribution in [0, 0.1) is 5.41 Å². The largest absolute Gasteiger partial charge is 0.390 e. The molecule has 0 unspecified atom stereocenters. The average Bonchev–Trinajstić information content (AvgIpc) is 2.57. The summed E-state index contributed by atoms with van der Waals surface area (Å²) in [5.74, 6) is 0. The minimum Gasteiger partial charge on any atom is -0.390 e. The number of benzene rings is 1. The van der Waals surface area contributed by atoms with Crippen molar-refractivity contribution in [1.82, 2.24) is 4.57 Å². The van der Waals surface area contributed by atoms with E-state index in [1.807, 2.05) is 25.4 Å². The number of hydrogen-bond donors (Lipinski definition) is 2. The monoisotopic (exact) mass is 202 g/mol. The molecule has 2 N–H and O–H groups in total. The molecule has 0 amide bonds. The Labute approximate surface area is 88.5 Å². The first-order valence-corrected chi connectivity index (χ1v) is 4.92. The van der Waals surface area contributed by atoms with Crippen molar-refractivity contribution in [3.05, 3.63) is 36.0 Å². The molecule has 0 radical (unpaired) electrons. The fourth-order valence-electron chi connectivity index (χ4n) is 1.85. The van der Waals surface area contributed by atoms with Crippen LogP contribution >= 0.6 is 0 Å². The van der Waals surface area contributed by atoms with Crippen LogP contribution in [0.3, 0.4) is 0 Å². The Hall–Kier alpha value is -1.61. The van der Waals surface area contributed by atoms with E-state index in [9.17, 15) is 0 Å². The van der Waals surface area contributed by atoms with Crippen molar-refractivity contribution in [2.45, 2.75) is 6.42 Å². The van der Waals surface area contributed by atoms with Crippen LogP contribution in [-0.2, 0) is 13.5 Å². The lowest BCUT2D eigenvalue weighted by atomic mass is 10.1. The minimum atomic E-state index is -0.163. The zero-order valence-corrected chi connectivity index (χ0v) is 8.70. The lowest BCUT2D eigenvalue weighted by Crippen LogP contribution is -2.05. The van der Waals surface area contributed by atoms with Crippen LogP contribution in [0.25, 0.3) is 10.9 Å². The number of hydrogen-bond acceptors (Lipinski definition) is 2. The molecule has 0 saturated carbocycles. The molecule has 0 saturated heterocycles. The summed E-state index contributed by atoms with van der Waals surface area (Å²) in [4.78, 5) is 0. The van der Waals surface area contributed by atoms with Gasteiger partial charge in [0.05, 0.1) is 6.61 Å². The third-order valence-electron chi connectivity index (χ3n) is 2.57. The Morgan fingerprint density at radius 3 is 2.87 bits per heavy atom. The molecule has 1 aromatic heterocycles. The van der Waals surface area contributed by atoms with Crippen LogP contribution in [-0.4, -0.2) is 22.0 Å². The summed E-state index contributed by atoms with van der Waals surface area (Å²) < 4.78 is 2.05. The SMILES string of the molecule is Cn1cc(CC(=N)CO)c2ccccc21. The molecule has 1 aromatic carbocycles. The summed E-state index contributed by atoms with van der Waals surface area (Å²) in [7, 11) is 1.99. The van der Waals surface area contributed by atoms with Crippen LogP contribution in [0.1, 0.15) is 5.56 Å². The van der Waals surface area contributed by atoms with E-state index in [1.165, 1.54) is 10.9 Å². The van der Waals surface area contributed by atoms with Gasteiger partial charge in [0.25, 0.3) is 0 Å². The highest BCUT2D eigenvalue weighted by molar-refractivity contribution is 5.91. The minimum absolute atomic E-state index is 0.163. The molecule has 1 heterocycles. The summed E-state index contributed by atoms with van der Waals surface area (Å²) in [5, 5.41) is 17.5. The molecule has 78 valence electrons. The summed E-state index contributed by atoms with van der Waals surface area (Å²) >= 11 is 0. The Balaban J connectivity index is 2.48. The van der Waals surface area contributed by atoms with Crippen molar-refractivity contribution in [1.29, 1.82) is 5.41 Å². The van der Waals surface area contributed by atoms with Gasteiger partial charge in [-0.1, -0.05) is 18.2 Å². The Morgan fingerprint density at radius 2 is 2.13 bits per heavy atom. The maximum atomic E-state index is 8.84. The van der Waals surface area contributed by atoms with Gasteiger partial charge in [0.2, 0.25) is 0 Å². The number of para-hydroxylation sites is 1. The standard InChI is InChI=1S/C12H14N2O/c1-14-7-9(6-10(13)8-15)11-4-2-3-5-12(11)14/h2-5,7,13,15H,6,8H2,1H3. The number of nitrogens with one attached hydrogen (secondary N) is 1. The smallest absolute Gasteiger partial charge is 0.0810 e. The van der Waals surface area contributed by atoms with Crippen LogP contribution in [0.2, 0.25) is 0 Å². The highest BCUT2D eigenvalue weighted by atomic mass is 16.3. The predicted molar refractivity (Wildman–Crippen MR) is 61.4 cm³/mol. The highest BCUT2D eigenvalue weighted by Gasteiger charge is 2.07. The van der Waals surface area contributed by atoms with Gasteiger partial charge in [0.15, 0.2) is 0 Å². The van der Waals surface area contributed by atoms with Crippen LogP contribution in [0.4, 0.5) is 0 Å². The van der Waals surface area contributed by atoms with E-state index in [2.05, 4.69) is 16.7 Å². The Morgan fingerprint density at radius 1 is 1.40 bits per heavy atom. The quantitative estimate of drug-likeness (QED) is 0.732. The second-order valence-electron chi connectivity index (χ2n) is 3.72. The molecule has 0 atom stereocenters. The average molecular weight is 202 g/mol. The normalized spacial score (nSPS) is 10.8. The van der Waals surface area contributed by atoms with Crippen molar-refractivity contribution in [3.63, 3.8) is 0 Å². The molecular formula is C12H14N2O. The zero-order chi connectivity index (χ0) is 10.8. The van der Waals surface area contributed by atoms with Crippen LogP contribution in [0.15, 0.2) is 30.5 Å². The van der Waals surface area contributed by atoms with E-state index in [0.717, 1.165) is 5.56 Å². The van der Waals surface area contributed by atoms with Crippen molar-refractivity contribution in [3.8, 4) is 0 Å². The van der Waals surface area contributed by atoms with Gasteiger partial charge in [-0.05, 0) is 11.6 Å². The summed E-state index contributed by atoms with van der Waals surface area (Å²) in [6.45, 7) is -0.163. The number of fused-ring (bicyclic) bond motifs is 1. The molecule has 3 heteroatoms. The van der Waals surface area contributed by atoms with Gasteiger partial charge >= 0.3 is 0 Å². The molecular weight excluding hydrogens is 188 g/mol. The lowest BCUT2D eigenvalue weighted by molar-refractivity contribution is 0.355. The van der Waals surface area contributed by atoms with E-state index in [-0.39, 0.29) is 6.61 Å². The number of aliphatic hydroxyl groups excluding tert-OH is 1. The van der Waals surface area contributed by atoms with Crippen LogP contribution in [0.5, 0.6) is 0 Å². The predicted octanol–water partition coefficient (Wildman–Crippen LogP) is 1.73. The molecule has 15 heavy (non-hydrogen) atoms. The van der Waals surface area contributed by atoms with E-state index in [1.54, 1.807) is 0 Å². The summed E-state index contributed by atoms with van der Waals surface area (Å²) in [5.41, 5.74) is 2.62. The molecule has 0 bridgehead atoms. The molecule has 0 aliphatic carbocycles. The number of aryl methyl sites for hydroxylation is 1. The molecule has 0 fully saturated rings. The first-order valence-electron chi connectivity index (χ1n) is 4.92. The number of aliphatic hydroxyl groups is 1. The Bertz CT molecular complexity index is 499. The molecule has 0 spiro atoms. The van der Waals surface area contributed by atoms with Gasteiger partial charge in [-0.3, -0.25) is 0 Å². The molecule has 2 aromatic rings. The van der Waals surface area contributed by atoms with Crippen molar-refractivity contribution < 1.29 is 5.11 Å². The molecule has 0 aliphatic heterocycles. The first-order chi connectivity index (χ1) is 7.22. The van der Waals surface area contributed by atoms with Crippen molar-refractivity contribution >= 4 is 16.6 Å². The molecule has 2 rings (SSSR count). The fraction of sp³-hybridized carbons (Fsp3) is 0.250. The second-order valence-corrected chi connectivity index (χ2v) is 3.72. The summed E-state index contributed by atoms with van der Waals surface area (Å²) in [6, 6.07) is 8.11. The maximum Gasteiger partial charge on any atom is 0.0810 e. The summed E-state index contributed by atoms with van der Waals surface area (Å²) in [6.07, 6.45) is 2.55. The van der Waals surface area contributed by atoms with Crippen molar-refractivity contribution in [2.75, 3.05) is 6.61 Å². The highest BCUT2D eigenvalue weighted by Crippen LogP contribution is 2.20. The third kappa shape index (κ3) is 1.78. The number of aromatic nitrogens is 1. The van der Waals surface area contributed by atoms with Gasteiger partial charge in [-0.2, -0.15) is 0 Å². The first kappa shape index (κ1) is 9.93. The number of nitrogens with zero attached hydrogens (tertiary/aromatic N) is 1. The molecule has 3 nitrogen and oxygen atoms in total. The third-order valence-corrected chi connectivity index (χ3v) is 2.57. The van der Waals surface area contributed by atoms with E-state index in [4.69, 9.17) is 10.5 Å². The van der Waals surface area contributed by atoms with Gasteiger partial charge < -0.3 is 15.1 Å². The van der Waals surface area contributed by atoms with Gasteiger partial charge in [-0.25, -0.2) is 0 Å². The van der Waals surface area contributed by atoms with E-state index < -0.39 is 0 Å². The van der Waals surface area contributed by atoms with Gasteiger partial charge in [0.1, 0.15) is 0 Å². The topological polar surface area (TPSA) is 49.0 Å². The fourth-order valence-corrected chi connectivity index (χ4v) is 1.85. The number of rotatable bonds is 3. The van der Waals surface area contributed by atoms with Crippen molar-refractivity contribution in [2.24, 2.45) is 7.05 Å². The maximum absolute atomic E-state index is 8.84. The van der Waals surface area contributed by atoms with Gasteiger partial charge in [0, 0.05) is 36.3 Å². The second kappa shape index (κ2) is 3.87. The van der Waals surface area contributed by atoms with Crippen LogP contribution < -0.4 is 0 Å². The molecule has 0 aliphatic rings. The van der Waals surface area contributed by atoms with E-state index >= 15 is 0 Å². The Kier molecular flexibility index (Phi) is 2.56. The lowest BCUT2D eigenvalue weighted by Gasteiger charge is -1.98. The van der Waals surface area contributed by atoms with E-state index in [0.29, 0.717) is 12.1 Å².